The summed E-state index contributed by atoms with van der Waals surface area (Å²) in [7, 11) is 2.15. The van der Waals surface area contributed by atoms with E-state index in [1.165, 1.54) is 13.0 Å². The standard InChI is InChI=1S/C10H15ClN2O/c1-13-4-2-9(7-13)12-6-8-3-5-14-10(8)11/h3,5,9,12H,2,4,6-7H2,1H3. The first-order valence-corrected chi connectivity index (χ1v) is 5.27. The normalized spacial score (nSPS) is 23.1. The van der Waals surface area contributed by atoms with Gasteiger partial charge in [0.05, 0.1) is 6.26 Å². The Morgan fingerprint density at radius 1 is 1.71 bits per heavy atom. The summed E-state index contributed by atoms with van der Waals surface area (Å²) >= 11 is 5.84. The second kappa shape index (κ2) is 4.34. The van der Waals surface area contributed by atoms with Crippen LogP contribution in [-0.4, -0.2) is 31.1 Å². The van der Waals surface area contributed by atoms with Crippen molar-refractivity contribution in [2.75, 3.05) is 20.1 Å². The molecular weight excluding hydrogens is 200 g/mol. The molecule has 2 rings (SSSR count). The molecule has 1 aliphatic rings. The van der Waals surface area contributed by atoms with Crippen molar-refractivity contribution in [3.63, 3.8) is 0 Å². The fraction of sp³-hybridized carbons (Fsp3) is 0.600. The molecule has 0 radical (unpaired) electrons. The van der Waals surface area contributed by atoms with E-state index in [-0.39, 0.29) is 0 Å². The van der Waals surface area contributed by atoms with Crippen LogP contribution in [-0.2, 0) is 6.54 Å². The molecule has 1 aromatic heterocycles. The molecule has 3 nitrogen and oxygen atoms in total. The van der Waals surface area contributed by atoms with Crippen LogP contribution in [0.5, 0.6) is 0 Å². The maximum atomic E-state index is 5.84. The number of furan rings is 1. The molecular formula is C10H15ClN2O. The second-order valence-electron chi connectivity index (χ2n) is 3.85. The van der Waals surface area contributed by atoms with Gasteiger partial charge in [0.25, 0.3) is 0 Å². The summed E-state index contributed by atoms with van der Waals surface area (Å²) in [5, 5.41) is 3.97. The number of likely N-dealkylation sites (tertiary alicyclic amines) is 1. The van der Waals surface area contributed by atoms with Crippen LogP contribution in [0.15, 0.2) is 16.7 Å². The molecule has 1 aromatic rings. The molecule has 78 valence electrons. The van der Waals surface area contributed by atoms with E-state index in [1.54, 1.807) is 6.26 Å². The van der Waals surface area contributed by atoms with Crippen molar-refractivity contribution in [2.24, 2.45) is 0 Å². The number of halogens is 1. The Morgan fingerprint density at radius 2 is 2.57 bits per heavy atom. The topological polar surface area (TPSA) is 28.4 Å². The van der Waals surface area contributed by atoms with Gasteiger partial charge in [0.1, 0.15) is 0 Å². The molecule has 4 heteroatoms. The van der Waals surface area contributed by atoms with Gasteiger partial charge >= 0.3 is 0 Å². The minimum atomic E-state index is 0.504. The van der Waals surface area contributed by atoms with Crippen molar-refractivity contribution in [3.8, 4) is 0 Å². The number of nitrogens with zero attached hydrogens (tertiary/aromatic N) is 1. The van der Waals surface area contributed by atoms with Crippen molar-refractivity contribution < 1.29 is 4.42 Å². The Kier molecular flexibility index (Phi) is 3.11. The highest BCUT2D eigenvalue weighted by atomic mass is 35.5. The lowest BCUT2D eigenvalue weighted by molar-refractivity contribution is 0.397. The summed E-state index contributed by atoms with van der Waals surface area (Å²) in [6.07, 6.45) is 2.84. The van der Waals surface area contributed by atoms with Gasteiger partial charge in [-0.15, -0.1) is 0 Å². The maximum Gasteiger partial charge on any atom is 0.197 e. The van der Waals surface area contributed by atoms with Crippen molar-refractivity contribution >= 4 is 11.6 Å². The van der Waals surface area contributed by atoms with E-state index in [0.29, 0.717) is 11.3 Å². The molecule has 0 amide bonds. The van der Waals surface area contributed by atoms with Crippen molar-refractivity contribution in [2.45, 2.75) is 19.0 Å². The third-order valence-electron chi connectivity index (χ3n) is 2.67. The number of nitrogens with one attached hydrogen (secondary N) is 1. The summed E-state index contributed by atoms with van der Waals surface area (Å²) in [6.45, 7) is 3.10. The Labute approximate surface area is 89.0 Å². The predicted octanol–water partition coefficient (Wildman–Crippen LogP) is 1.73. The third kappa shape index (κ3) is 2.29. The first-order valence-electron chi connectivity index (χ1n) is 4.89. The van der Waals surface area contributed by atoms with Gasteiger partial charge in [0.2, 0.25) is 0 Å². The first-order chi connectivity index (χ1) is 6.75. The number of likely N-dealkylation sites (N-methyl/N-ethyl adjacent to an activating group) is 1. The lowest BCUT2D eigenvalue weighted by Crippen LogP contribution is -2.30. The maximum absolute atomic E-state index is 5.84. The highest BCUT2D eigenvalue weighted by Crippen LogP contribution is 2.17. The average Bonchev–Trinajstić information content (AvgIpc) is 2.72. The Hall–Kier alpha value is -0.510. The first kappa shape index (κ1) is 10.0. The van der Waals surface area contributed by atoms with Crippen molar-refractivity contribution in [1.82, 2.24) is 10.2 Å². The minimum absolute atomic E-state index is 0.504. The molecule has 0 spiro atoms. The summed E-state index contributed by atoms with van der Waals surface area (Å²) in [5.41, 5.74) is 1.04. The zero-order chi connectivity index (χ0) is 9.97. The van der Waals surface area contributed by atoms with E-state index in [1.807, 2.05) is 6.07 Å². The number of hydrogen-bond donors (Lipinski definition) is 1. The second-order valence-corrected chi connectivity index (χ2v) is 4.19. The SMILES string of the molecule is CN1CCC(NCc2ccoc2Cl)C1. The fourth-order valence-corrected chi connectivity index (χ4v) is 1.98. The molecule has 14 heavy (non-hydrogen) atoms. The van der Waals surface area contributed by atoms with Crippen molar-refractivity contribution in [1.29, 1.82) is 0 Å². The van der Waals surface area contributed by atoms with Crippen LogP contribution in [0.3, 0.4) is 0 Å². The zero-order valence-corrected chi connectivity index (χ0v) is 9.05. The number of rotatable bonds is 3. The van der Waals surface area contributed by atoms with Crippen LogP contribution >= 0.6 is 11.6 Å². The average molecular weight is 215 g/mol. The van der Waals surface area contributed by atoms with Gasteiger partial charge in [-0.3, -0.25) is 0 Å². The van der Waals surface area contributed by atoms with Gasteiger partial charge in [-0.25, -0.2) is 0 Å². The zero-order valence-electron chi connectivity index (χ0n) is 8.29. The van der Waals surface area contributed by atoms with Crippen molar-refractivity contribution in [3.05, 3.63) is 23.1 Å². The molecule has 0 saturated carbocycles. The quantitative estimate of drug-likeness (QED) is 0.831. The van der Waals surface area contributed by atoms with Gasteiger partial charge in [0.15, 0.2) is 5.22 Å². The molecule has 1 atom stereocenters. The van der Waals surface area contributed by atoms with Crippen LogP contribution < -0.4 is 5.32 Å². The van der Waals surface area contributed by atoms with Gasteiger partial charge in [-0.05, 0) is 37.7 Å². The molecule has 1 saturated heterocycles. The van der Waals surface area contributed by atoms with E-state index in [4.69, 9.17) is 16.0 Å². The lowest BCUT2D eigenvalue weighted by Gasteiger charge is -2.11. The van der Waals surface area contributed by atoms with E-state index in [2.05, 4.69) is 17.3 Å². The summed E-state index contributed by atoms with van der Waals surface area (Å²) in [4.78, 5) is 2.33. The predicted molar refractivity (Wildman–Crippen MR) is 56.5 cm³/mol. The van der Waals surface area contributed by atoms with Gasteiger partial charge in [-0.2, -0.15) is 0 Å². The molecule has 1 N–H and O–H groups in total. The van der Waals surface area contributed by atoms with Gasteiger partial charge in [0, 0.05) is 24.7 Å². The Balaban J connectivity index is 1.80. The largest absolute Gasteiger partial charge is 0.453 e. The van der Waals surface area contributed by atoms with E-state index < -0.39 is 0 Å². The summed E-state index contributed by atoms with van der Waals surface area (Å²) in [6, 6.07) is 2.50. The van der Waals surface area contributed by atoms with E-state index in [9.17, 15) is 0 Å². The van der Waals surface area contributed by atoms with E-state index in [0.717, 1.165) is 18.7 Å². The van der Waals surface area contributed by atoms with Crippen LogP contribution in [0.4, 0.5) is 0 Å². The van der Waals surface area contributed by atoms with Crippen LogP contribution in [0, 0.1) is 0 Å². The van der Waals surface area contributed by atoms with E-state index >= 15 is 0 Å². The fourth-order valence-electron chi connectivity index (χ4n) is 1.80. The van der Waals surface area contributed by atoms with Crippen LogP contribution in [0.1, 0.15) is 12.0 Å². The molecule has 0 aromatic carbocycles. The Bertz CT molecular complexity index is 300. The summed E-state index contributed by atoms with van der Waals surface area (Å²) < 4.78 is 5.02. The molecule has 0 bridgehead atoms. The van der Waals surface area contributed by atoms with Crippen LogP contribution in [0.2, 0.25) is 5.22 Å². The third-order valence-corrected chi connectivity index (χ3v) is 3.00. The molecule has 1 unspecified atom stereocenters. The minimum Gasteiger partial charge on any atom is -0.453 e. The van der Waals surface area contributed by atoms with Crippen LogP contribution in [0.25, 0.3) is 0 Å². The highest BCUT2D eigenvalue weighted by Gasteiger charge is 2.18. The molecule has 0 aliphatic carbocycles. The Morgan fingerprint density at radius 3 is 3.14 bits per heavy atom. The van der Waals surface area contributed by atoms with Gasteiger partial charge in [-0.1, -0.05) is 0 Å². The molecule has 1 aliphatic heterocycles. The highest BCUT2D eigenvalue weighted by molar-refractivity contribution is 6.29. The van der Waals surface area contributed by atoms with Gasteiger partial charge < -0.3 is 14.6 Å². The molecule has 1 fully saturated rings. The lowest BCUT2D eigenvalue weighted by atomic mass is 10.2. The smallest absolute Gasteiger partial charge is 0.197 e. The number of hydrogen-bond acceptors (Lipinski definition) is 3. The monoisotopic (exact) mass is 214 g/mol. The molecule has 2 heterocycles. The summed E-state index contributed by atoms with van der Waals surface area (Å²) in [5.74, 6) is 0.